The van der Waals surface area contributed by atoms with Gasteiger partial charge in [-0.3, -0.25) is 34.2 Å². The van der Waals surface area contributed by atoms with Crippen molar-refractivity contribution in [1.29, 1.82) is 0 Å². The average molecular weight is 316 g/mol. The molecule has 2 aliphatic rings. The predicted octanol–water partition coefficient (Wildman–Crippen LogP) is 0.0131. The van der Waals surface area contributed by atoms with E-state index in [1.54, 1.807) is 0 Å². The molecule has 0 aromatic heterocycles. The summed E-state index contributed by atoms with van der Waals surface area (Å²) in [6.45, 7) is 1.18. The standard InChI is InChI=1S/C15H12N2O6/c1-7(18)23-10-4-2-3-8-12(10)15(22)17(14(8)21)9-5-6-11(19)16-13(9)20/h2-4,9H,5-6H2,1H3,(H,16,19,20). The third-order valence-corrected chi connectivity index (χ3v) is 3.68. The summed E-state index contributed by atoms with van der Waals surface area (Å²) in [7, 11) is 0. The van der Waals surface area contributed by atoms with Crippen LogP contribution in [0.3, 0.4) is 0 Å². The molecule has 1 aromatic carbocycles. The number of esters is 1. The summed E-state index contributed by atoms with van der Waals surface area (Å²) in [4.78, 5) is 60.2. The Kier molecular flexibility index (Phi) is 3.44. The molecule has 4 amide bonds. The molecule has 3 rings (SSSR count). The highest BCUT2D eigenvalue weighted by atomic mass is 16.5. The fraction of sp³-hybridized carbons (Fsp3) is 0.267. The Morgan fingerprint density at radius 1 is 1.22 bits per heavy atom. The minimum absolute atomic E-state index is 0.0249. The zero-order chi connectivity index (χ0) is 16.7. The SMILES string of the molecule is CC(=O)Oc1cccc2c1C(=O)N(C1CCC(=O)NC1=O)C2=O. The summed E-state index contributed by atoms with van der Waals surface area (Å²) in [6, 6.07) is 3.26. The quantitative estimate of drug-likeness (QED) is 0.468. The van der Waals surface area contributed by atoms with Gasteiger partial charge in [0.05, 0.1) is 11.1 Å². The molecule has 1 fully saturated rings. The van der Waals surface area contributed by atoms with E-state index in [0.29, 0.717) is 0 Å². The molecule has 2 aliphatic heterocycles. The number of hydrogen-bond acceptors (Lipinski definition) is 6. The second-order valence-electron chi connectivity index (χ2n) is 5.22. The normalized spacial score (nSPS) is 20.4. The van der Waals surface area contributed by atoms with Gasteiger partial charge < -0.3 is 4.74 Å². The van der Waals surface area contributed by atoms with Gasteiger partial charge in [-0.05, 0) is 18.6 Å². The molecule has 1 atom stereocenters. The van der Waals surface area contributed by atoms with Crippen LogP contribution in [-0.2, 0) is 14.4 Å². The van der Waals surface area contributed by atoms with E-state index in [2.05, 4.69) is 5.32 Å². The van der Waals surface area contributed by atoms with E-state index in [1.807, 2.05) is 0 Å². The van der Waals surface area contributed by atoms with Crippen molar-refractivity contribution in [3.8, 4) is 5.75 Å². The van der Waals surface area contributed by atoms with Gasteiger partial charge >= 0.3 is 5.97 Å². The number of fused-ring (bicyclic) bond motifs is 1. The largest absolute Gasteiger partial charge is 0.426 e. The smallest absolute Gasteiger partial charge is 0.308 e. The molecule has 8 nitrogen and oxygen atoms in total. The van der Waals surface area contributed by atoms with Gasteiger partial charge in [-0.1, -0.05) is 6.07 Å². The maximum absolute atomic E-state index is 12.6. The van der Waals surface area contributed by atoms with E-state index in [9.17, 15) is 24.0 Å². The monoisotopic (exact) mass is 316 g/mol. The first-order valence-electron chi connectivity index (χ1n) is 6.93. The Morgan fingerprint density at radius 2 is 1.96 bits per heavy atom. The van der Waals surface area contributed by atoms with Gasteiger partial charge in [-0.2, -0.15) is 0 Å². The van der Waals surface area contributed by atoms with Crippen molar-refractivity contribution >= 4 is 29.6 Å². The lowest BCUT2D eigenvalue weighted by atomic mass is 10.0. The molecule has 8 heteroatoms. The summed E-state index contributed by atoms with van der Waals surface area (Å²) in [5.41, 5.74) is 0.0239. The van der Waals surface area contributed by atoms with Gasteiger partial charge in [-0.15, -0.1) is 0 Å². The highest BCUT2D eigenvalue weighted by Gasteiger charge is 2.46. The van der Waals surface area contributed by atoms with Crippen LogP contribution in [0.2, 0.25) is 0 Å². The molecule has 1 unspecified atom stereocenters. The van der Waals surface area contributed by atoms with E-state index in [0.717, 1.165) is 4.90 Å². The number of ether oxygens (including phenoxy) is 1. The molecule has 0 saturated carbocycles. The molecule has 0 aliphatic carbocycles. The Labute approximate surface area is 130 Å². The van der Waals surface area contributed by atoms with Crippen LogP contribution >= 0.6 is 0 Å². The topological polar surface area (TPSA) is 110 Å². The number of amides is 4. The summed E-state index contributed by atoms with van der Waals surface area (Å²) in [5.74, 6) is -3.14. The number of carbonyl (C=O) groups is 5. The molecule has 1 saturated heterocycles. The first-order chi connectivity index (χ1) is 10.9. The number of carbonyl (C=O) groups excluding carboxylic acids is 5. The van der Waals surface area contributed by atoms with Gasteiger partial charge in [0.2, 0.25) is 11.8 Å². The molecule has 0 radical (unpaired) electrons. The molecular formula is C15H12N2O6. The van der Waals surface area contributed by atoms with Gasteiger partial charge in [-0.25, -0.2) is 0 Å². The second kappa shape index (κ2) is 5.31. The summed E-state index contributed by atoms with van der Waals surface area (Å²) >= 11 is 0. The summed E-state index contributed by atoms with van der Waals surface area (Å²) < 4.78 is 4.96. The second-order valence-corrected chi connectivity index (χ2v) is 5.22. The zero-order valence-electron chi connectivity index (χ0n) is 12.1. The molecule has 2 heterocycles. The number of piperidine rings is 1. The van der Waals surface area contributed by atoms with Crippen molar-refractivity contribution in [3.63, 3.8) is 0 Å². The van der Waals surface area contributed by atoms with Crippen LogP contribution in [0.1, 0.15) is 40.5 Å². The zero-order valence-corrected chi connectivity index (χ0v) is 12.1. The van der Waals surface area contributed by atoms with Crippen LogP contribution < -0.4 is 10.1 Å². The van der Waals surface area contributed by atoms with Gasteiger partial charge in [0.25, 0.3) is 11.8 Å². The number of benzene rings is 1. The van der Waals surface area contributed by atoms with E-state index < -0.39 is 35.6 Å². The molecular weight excluding hydrogens is 304 g/mol. The van der Waals surface area contributed by atoms with Crippen LogP contribution in [0.25, 0.3) is 0 Å². The highest BCUT2D eigenvalue weighted by molar-refractivity contribution is 6.24. The van der Waals surface area contributed by atoms with Crippen LogP contribution in [0.4, 0.5) is 0 Å². The lowest BCUT2D eigenvalue weighted by Gasteiger charge is -2.27. The molecule has 23 heavy (non-hydrogen) atoms. The number of rotatable bonds is 2. The fourth-order valence-corrected chi connectivity index (χ4v) is 2.72. The summed E-state index contributed by atoms with van der Waals surface area (Å²) in [5, 5.41) is 2.11. The number of nitrogens with zero attached hydrogens (tertiary/aromatic N) is 1. The Balaban J connectivity index is 1.99. The summed E-state index contributed by atoms with van der Waals surface area (Å²) in [6.07, 6.45) is 0.111. The van der Waals surface area contributed by atoms with Crippen molar-refractivity contribution in [3.05, 3.63) is 29.3 Å². The molecule has 1 aromatic rings. The number of hydrogen-bond donors (Lipinski definition) is 1. The third-order valence-electron chi connectivity index (χ3n) is 3.68. The van der Waals surface area contributed by atoms with Crippen LogP contribution in [0.5, 0.6) is 5.75 Å². The minimum Gasteiger partial charge on any atom is -0.426 e. The fourth-order valence-electron chi connectivity index (χ4n) is 2.72. The molecule has 118 valence electrons. The van der Waals surface area contributed by atoms with Gasteiger partial charge in [0, 0.05) is 13.3 Å². The maximum atomic E-state index is 12.6. The molecule has 1 N–H and O–H groups in total. The highest BCUT2D eigenvalue weighted by Crippen LogP contribution is 2.33. The van der Waals surface area contributed by atoms with Gasteiger partial charge in [0.15, 0.2) is 0 Å². The predicted molar refractivity (Wildman–Crippen MR) is 74.4 cm³/mol. The van der Waals surface area contributed by atoms with Crippen molar-refractivity contribution in [2.75, 3.05) is 0 Å². The lowest BCUT2D eigenvalue weighted by Crippen LogP contribution is -2.54. The third kappa shape index (κ3) is 2.37. The van der Waals surface area contributed by atoms with Crippen LogP contribution in [0, 0.1) is 0 Å². The van der Waals surface area contributed by atoms with E-state index >= 15 is 0 Å². The van der Waals surface area contributed by atoms with E-state index in [4.69, 9.17) is 4.74 Å². The van der Waals surface area contributed by atoms with Gasteiger partial charge in [0.1, 0.15) is 11.8 Å². The van der Waals surface area contributed by atoms with Crippen LogP contribution in [-0.4, -0.2) is 40.5 Å². The number of imide groups is 2. The Hall–Kier alpha value is -3.03. The molecule has 0 bridgehead atoms. The van der Waals surface area contributed by atoms with E-state index in [1.165, 1.54) is 25.1 Å². The first-order valence-corrected chi connectivity index (χ1v) is 6.93. The van der Waals surface area contributed by atoms with E-state index in [-0.39, 0.29) is 29.7 Å². The van der Waals surface area contributed by atoms with Crippen LogP contribution in [0.15, 0.2) is 18.2 Å². The van der Waals surface area contributed by atoms with Crippen molar-refractivity contribution < 1.29 is 28.7 Å². The Morgan fingerprint density at radius 3 is 2.61 bits per heavy atom. The Bertz CT molecular complexity index is 769. The number of nitrogens with one attached hydrogen (secondary N) is 1. The average Bonchev–Trinajstić information content (AvgIpc) is 2.72. The molecule has 0 spiro atoms. The minimum atomic E-state index is -1.05. The van der Waals surface area contributed by atoms with Crippen molar-refractivity contribution in [2.45, 2.75) is 25.8 Å². The van der Waals surface area contributed by atoms with Crippen molar-refractivity contribution in [1.82, 2.24) is 10.2 Å². The maximum Gasteiger partial charge on any atom is 0.308 e. The van der Waals surface area contributed by atoms with Crippen molar-refractivity contribution in [2.24, 2.45) is 0 Å². The first kappa shape index (κ1) is 14.9. The lowest BCUT2D eigenvalue weighted by molar-refractivity contribution is -0.136.